The lowest BCUT2D eigenvalue weighted by atomic mass is 10.0. The third-order valence-corrected chi connectivity index (χ3v) is 5.78. The highest BCUT2D eigenvalue weighted by Gasteiger charge is 2.13. The summed E-state index contributed by atoms with van der Waals surface area (Å²) in [6.45, 7) is 5.83. The largest absolute Gasteiger partial charge is 0.352 e. The van der Waals surface area contributed by atoms with Gasteiger partial charge in [-0.2, -0.15) is 0 Å². The summed E-state index contributed by atoms with van der Waals surface area (Å²) in [5, 5.41) is 2.79. The number of aryl methyl sites for hydroxylation is 1. The summed E-state index contributed by atoms with van der Waals surface area (Å²) < 4.78 is 26.5. The molecular formula is C22H28N2O4S. The van der Waals surface area contributed by atoms with Gasteiger partial charge < -0.3 is 5.32 Å². The second-order valence-electron chi connectivity index (χ2n) is 7.41. The maximum Gasteiger partial charge on any atom is 0.220 e. The van der Waals surface area contributed by atoms with Crippen LogP contribution in [-0.2, 0) is 27.1 Å². The fourth-order valence-electron chi connectivity index (χ4n) is 2.77. The van der Waals surface area contributed by atoms with Gasteiger partial charge in [0.25, 0.3) is 0 Å². The molecule has 0 saturated heterocycles. The van der Waals surface area contributed by atoms with E-state index in [-0.39, 0.29) is 36.3 Å². The Labute approximate surface area is 172 Å². The van der Waals surface area contributed by atoms with E-state index in [1.807, 2.05) is 19.1 Å². The van der Waals surface area contributed by atoms with Gasteiger partial charge >= 0.3 is 0 Å². The Bertz CT molecular complexity index is 934. The van der Waals surface area contributed by atoms with Gasteiger partial charge in [0.05, 0.1) is 5.75 Å². The zero-order chi connectivity index (χ0) is 21.4. The van der Waals surface area contributed by atoms with Crippen molar-refractivity contribution in [3.05, 3.63) is 70.8 Å². The van der Waals surface area contributed by atoms with E-state index in [1.165, 1.54) is 0 Å². The predicted octanol–water partition coefficient (Wildman–Crippen LogP) is 3.10. The molecule has 0 aliphatic heterocycles. The summed E-state index contributed by atoms with van der Waals surface area (Å²) in [4.78, 5) is 24.1. The number of ketones is 1. The molecular weight excluding hydrogens is 388 g/mol. The van der Waals surface area contributed by atoms with Crippen LogP contribution in [0.1, 0.15) is 53.7 Å². The summed E-state index contributed by atoms with van der Waals surface area (Å²) in [6, 6.07) is 14.2. The zero-order valence-electron chi connectivity index (χ0n) is 17.1. The van der Waals surface area contributed by atoms with Gasteiger partial charge in [-0.15, -0.1) is 0 Å². The Balaban J connectivity index is 1.78. The number of hydrogen-bond donors (Lipinski definition) is 2. The first-order chi connectivity index (χ1) is 13.6. The minimum atomic E-state index is -3.37. The molecule has 0 spiro atoms. The van der Waals surface area contributed by atoms with Crippen molar-refractivity contribution in [2.24, 2.45) is 0 Å². The highest BCUT2D eigenvalue weighted by molar-refractivity contribution is 7.88. The Kier molecular flexibility index (Phi) is 8.10. The second kappa shape index (κ2) is 10.3. The van der Waals surface area contributed by atoms with Crippen molar-refractivity contribution >= 4 is 21.7 Å². The van der Waals surface area contributed by atoms with Crippen LogP contribution in [0, 0.1) is 6.92 Å². The van der Waals surface area contributed by atoms with Gasteiger partial charge in [-0.05, 0) is 31.9 Å². The summed E-state index contributed by atoms with van der Waals surface area (Å²) in [7, 11) is -3.37. The van der Waals surface area contributed by atoms with Crippen molar-refractivity contribution in [3.8, 4) is 0 Å². The van der Waals surface area contributed by atoms with Gasteiger partial charge in [0, 0.05) is 31.0 Å². The van der Waals surface area contributed by atoms with Crippen LogP contribution in [0.5, 0.6) is 0 Å². The Morgan fingerprint density at radius 2 is 1.48 bits per heavy atom. The fourth-order valence-corrected chi connectivity index (χ4v) is 4.21. The number of sulfonamides is 1. The minimum Gasteiger partial charge on any atom is -0.352 e. The number of nitrogens with one attached hydrogen (secondary N) is 2. The van der Waals surface area contributed by atoms with Crippen molar-refractivity contribution < 1.29 is 18.0 Å². The molecule has 0 aliphatic carbocycles. The second-order valence-corrected chi connectivity index (χ2v) is 9.17. The molecule has 0 saturated carbocycles. The number of amides is 1. The van der Waals surface area contributed by atoms with Crippen LogP contribution in [0.25, 0.3) is 0 Å². The molecule has 2 aromatic carbocycles. The molecule has 156 valence electrons. The number of carbonyl (C=O) groups is 2. The SMILES string of the molecule is Cc1ccc(C(=O)CCC(=O)NCc2ccc(CS(=O)(=O)NC(C)C)cc2)cc1. The van der Waals surface area contributed by atoms with Gasteiger partial charge in [0.2, 0.25) is 15.9 Å². The van der Waals surface area contributed by atoms with E-state index in [0.29, 0.717) is 17.7 Å². The zero-order valence-corrected chi connectivity index (χ0v) is 17.9. The molecule has 0 bridgehead atoms. The van der Waals surface area contributed by atoms with E-state index in [4.69, 9.17) is 0 Å². The number of rotatable bonds is 10. The van der Waals surface area contributed by atoms with Gasteiger partial charge in [-0.3, -0.25) is 9.59 Å². The molecule has 0 aromatic heterocycles. The predicted molar refractivity (Wildman–Crippen MR) is 114 cm³/mol. The smallest absolute Gasteiger partial charge is 0.220 e. The number of carbonyl (C=O) groups excluding carboxylic acids is 2. The first kappa shape index (κ1) is 22.8. The molecule has 0 heterocycles. The maximum atomic E-state index is 12.1. The molecule has 0 atom stereocenters. The molecule has 2 rings (SSSR count). The highest BCUT2D eigenvalue weighted by Crippen LogP contribution is 2.10. The molecule has 6 nitrogen and oxygen atoms in total. The van der Waals surface area contributed by atoms with E-state index >= 15 is 0 Å². The van der Waals surface area contributed by atoms with Crippen LogP contribution >= 0.6 is 0 Å². The molecule has 0 aliphatic rings. The van der Waals surface area contributed by atoms with Crippen molar-refractivity contribution in [1.82, 2.24) is 10.0 Å². The molecule has 0 radical (unpaired) electrons. The van der Waals surface area contributed by atoms with Gasteiger partial charge in [-0.1, -0.05) is 54.1 Å². The Hall–Kier alpha value is -2.51. The first-order valence-electron chi connectivity index (χ1n) is 9.59. The standard InChI is InChI=1S/C22H28N2O4S/c1-16(2)24-29(27,28)15-19-8-6-18(7-9-19)14-23-22(26)13-12-21(25)20-10-4-17(3)5-11-20/h4-11,16,24H,12-15H2,1-3H3,(H,23,26). The van der Waals surface area contributed by atoms with Gasteiger partial charge in [0.15, 0.2) is 5.78 Å². The third-order valence-electron chi connectivity index (χ3n) is 4.24. The normalized spacial score (nSPS) is 11.4. The van der Waals surface area contributed by atoms with E-state index in [0.717, 1.165) is 11.1 Å². The quantitative estimate of drug-likeness (QED) is 0.582. The summed E-state index contributed by atoms with van der Waals surface area (Å²) in [5.74, 6) is -0.335. The molecule has 0 fully saturated rings. The lowest BCUT2D eigenvalue weighted by molar-refractivity contribution is -0.121. The van der Waals surface area contributed by atoms with Gasteiger partial charge in [0.1, 0.15) is 0 Å². The average Bonchev–Trinajstić information content (AvgIpc) is 2.64. The minimum absolute atomic E-state index is 0.0549. The third kappa shape index (κ3) is 8.17. The summed E-state index contributed by atoms with van der Waals surface area (Å²) >= 11 is 0. The van der Waals surface area contributed by atoms with E-state index in [1.54, 1.807) is 50.2 Å². The number of hydrogen-bond acceptors (Lipinski definition) is 4. The van der Waals surface area contributed by atoms with Crippen LogP contribution < -0.4 is 10.0 Å². The molecule has 2 N–H and O–H groups in total. The lowest BCUT2D eigenvalue weighted by Gasteiger charge is -2.10. The van der Waals surface area contributed by atoms with E-state index in [9.17, 15) is 18.0 Å². The lowest BCUT2D eigenvalue weighted by Crippen LogP contribution is -2.31. The van der Waals surface area contributed by atoms with Crippen LogP contribution in [0.4, 0.5) is 0 Å². The fraction of sp³-hybridized carbons (Fsp3) is 0.364. The van der Waals surface area contributed by atoms with Crippen LogP contribution in [0.3, 0.4) is 0 Å². The Morgan fingerprint density at radius 1 is 0.897 bits per heavy atom. The maximum absolute atomic E-state index is 12.1. The van der Waals surface area contributed by atoms with Gasteiger partial charge in [-0.25, -0.2) is 13.1 Å². The topological polar surface area (TPSA) is 92.3 Å². The van der Waals surface area contributed by atoms with Crippen molar-refractivity contribution in [1.29, 1.82) is 0 Å². The highest BCUT2D eigenvalue weighted by atomic mass is 32.2. The van der Waals surface area contributed by atoms with Crippen molar-refractivity contribution in [2.45, 2.75) is 52.0 Å². The van der Waals surface area contributed by atoms with Crippen molar-refractivity contribution in [3.63, 3.8) is 0 Å². The molecule has 29 heavy (non-hydrogen) atoms. The summed E-state index contributed by atoms with van der Waals surface area (Å²) in [6.07, 6.45) is 0.290. The van der Waals surface area contributed by atoms with Crippen LogP contribution in [0.15, 0.2) is 48.5 Å². The Morgan fingerprint density at radius 3 is 2.07 bits per heavy atom. The van der Waals surface area contributed by atoms with E-state index < -0.39 is 10.0 Å². The van der Waals surface area contributed by atoms with Crippen molar-refractivity contribution in [2.75, 3.05) is 0 Å². The van der Waals surface area contributed by atoms with Crippen LogP contribution in [0.2, 0.25) is 0 Å². The summed E-state index contributed by atoms with van der Waals surface area (Å²) in [5.41, 5.74) is 3.23. The molecule has 0 unspecified atom stereocenters. The first-order valence-corrected chi connectivity index (χ1v) is 11.2. The number of Topliss-reactive ketones (excluding diaryl/α,β-unsaturated/α-hetero) is 1. The number of benzene rings is 2. The molecule has 2 aromatic rings. The molecule has 1 amide bonds. The monoisotopic (exact) mass is 416 g/mol. The molecule has 7 heteroatoms. The van der Waals surface area contributed by atoms with Crippen LogP contribution in [-0.4, -0.2) is 26.2 Å². The average molecular weight is 417 g/mol. The van der Waals surface area contributed by atoms with E-state index in [2.05, 4.69) is 10.0 Å².